The predicted octanol–water partition coefficient (Wildman–Crippen LogP) is 3.04. The minimum Gasteiger partial charge on any atom is -0.296 e. The molecule has 0 N–H and O–H groups in total. The molecule has 0 unspecified atom stereocenters. The molecule has 2 aliphatic rings. The Kier molecular flexibility index (Phi) is 4.35. The van der Waals surface area contributed by atoms with Gasteiger partial charge in [-0.3, -0.25) is 14.0 Å². The van der Waals surface area contributed by atoms with Crippen LogP contribution in [0.25, 0.3) is 0 Å². The maximum absolute atomic E-state index is 12.0. The first kappa shape index (κ1) is 15.1. The predicted molar refractivity (Wildman–Crippen MR) is 89.5 cm³/mol. The molecule has 5 nitrogen and oxygen atoms in total. The molecule has 124 valence electrons. The van der Waals surface area contributed by atoms with E-state index in [9.17, 15) is 4.79 Å². The molecule has 0 saturated heterocycles. The van der Waals surface area contributed by atoms with E-state index in [1.54, 1.807) is 4.57 Å². The molecular formula is C17H23N3O2S. The number of nitrogens with zero attached hydrogens (tertiary/aromatic N) is 3. The van der Waals surface area contributed by atoms with Gasteiger partial charge in [0.15, 0.2) is 5.82 Å². The summed E-state index contributed by atoms with van der Waals surface area (Å²) in [5.41, 5.74) is 1.42. The normalized spacial score (nSPS) is 19.8. The summed E-state index contributed by atoms with van der Waals surface area (Å²) in [4.78, 5) is 15.9. The van der Waals surface area contributed by atoms with Crippen molar-refractivity contribution in [1.29, 1.82) is 0 Å². The molecule has 0 spiro atoms. The Labute approximate surface area is 139 Å². The van der Waals surface area contributed by atoms with Crippen LogP contribution in [0, 0.1) is 5.92 Å². The van der Waals surface area contributed by atoms with Gasteiger partial charge in [-0.1, -0.05) is 24.4 Å². The Bertz CT molecular complexity index is 711. The maximum atomic E-state index is 12.0. The molecule has 1 fully saturated rings. The first-order valence-corrected chi connectivity index (χ1v) is 9.50. The van der Waals surface area contributed by atoms with E-state index in [2.05, 4.69) is 21.5 Å². The van der Waals surface area contributed by atoms with E-state index in [0.29, 0.717) is 12.5 Å². The summed E-state index contributed by atoms with van der Waals surface area (Å²) in [7, 11) is 0. The Balaban J connectivity index is 1.46. The summed E-state index contributed by atoms with van der Waals surface area (Å²) < 4.78 is 6.74. The smallest absolute Gasteiger partial charge is 0.296 e. The van der Waals surface area contributed by atoms with Crippen molar-refractivity contribution in [2.75, 3.05) is 6.54 Å². The third-order valence-corrected chi connectivity index (χ3v) is 6.20. The molecule has 0 atom stereocenters. The van der Waals surface area contributed by atoms with Crippen LogP contribution in [0.2, 0.25) is 0 Å². The van der Waals surface area contributed by atoms with Crippen LogP contribution in [0.1, 0.15) is 48.4 Å². The summed E-state index contributed by atoms with van der Waals surface area (Å²) in [6.45, 7) is 3.45. The van der Waals surface area contributed by atoms with Crippen LogP contribution >= 0.6 is 11.3 Å². The molecule has 2 aromatic rings. The third kappa shape index (κ3) is 3.28. The van der Waals surface area contributed by atoms with Crippen LogP contribution in [0.5, 0.6) is 0 Å². The van der Waals surface area contributed by atoms with Crippen molar-refractivity contribution in [2.45, 2.75) is 58.2 Å². The highest BCUT2D eigenvalue weighted by atomic mass is 32.1. The van der Waals surface area contributed by atoms with Crippen molar-refractivity contribution in [3.05, 3.63) is 38.3 Å². The zero-order chi connectivity index (χ0) is 15.6. The Morgan fingerprint density at radius 1 is 1.30 bits per heavy atom. The first-order chi connectivity index (χ1) is 11.3. The van der Waals surface area contributed by atoms with E-state index in [1.807, 2.05) is 11.3 Å². The van der Waals surface area contributed by atoms with Crippen molar-refractivity contribution in [1.82, 2.24) is 14.6 Å². The fraction of sp³-hybridized carbons (Fsp3) is 0.647. The van der Waals surface area contributed by atoms with Gasteiger partial charge >= 0.3 is 5.76 Å². The molecule has 23 heavy (non-hydrogen) atoms. The molecule has 0 radical (unpaired) electrons. The quantitative estimate of drug-likeness (QED) is 0.863. The van der Waals surface area contributed by atoms with E-state index in [0.717, 1.165) is 31.9 Å². The fourth-order valence-electron chi connectivity index (χ4n) is 3.86. The first-order valence-electron chi connectivity index (χ1n) is 8.62. The average Bonchev–Trinajstić information content (AvgIpc) is 3.17. The summed E-state index contributed by atoms with van der Waals surface area (Å²) >= 11 is 1.85. The van der Waals surface area contributed by atoms with Gasteiger partial charge in [0.25, 0.3) is 0 Å². The van der Waals surface area contributed by atoms with Gasteiger partial charge in [0, 0.05) is 24.5 Å². The largest absolute Gasteiger partial charge is 0.441 e. The highest BCUT2D eigenvalue weighted by molar-refractivity contribution is 7.10. The Morgan fingerprint density at radius 3 is 3.04 bits per heavy atom. The molecule has 0 bridgehead atoms. The van der Waals surface area contributed by atoms with E-state index < -0.39 is 0 Å². The van der Waals surface area contributed by atoms with Crippen LogP contribution in [0.15, 0.2) is 20.8 Å². The number of hydrogen-bond donors (Lipinski definition) is 0. The second-order valence-electron chi connectivity index (χ2n) is 6.81. The Morgan fingerprint density at radius 2 is 2.17 bits per heavy atom. The zero-order valence-corrected chi connectivity index (χ0v) is 14.2. The molecule has 1 aliphatic heterocycles. The number of aromatic nitrogens is 2. The number of thiophene rings is 1. The van der Waals surface area contributed by atoms with Crippen LogP contribution in [0.4, 0.5) is 0 Å². The van der Waals surface area contributed by atoms with Gasteiger partial charge < -0.3 is 0 Å². The van der Waals surface area contributed by atoms with E-state index in [4.69, 9.17) is 4.52 Å². The molecule has 2 aromatic heterocycles. The molecule has 4 rings (SSSR count). The van der Waals surface area contributed by atoms with E-state index in [1.165, 1.54) is 42.5 Å². The van der Waals surface area contributed by atoms with Gasteiger partial charge in [-0.25, -0.2) is 4.79 Å². The van der Waals surface area contributed by atoms with E-state index >= 15 is 0 Å². The lowest BCUT2D eigenvalue weighted by molar-refractivity contribution is 0.230. The summed E-state index contributed by atoms with van der Waals surface area (Å²) in [5, 5.41) is 6.23. The van der Waals surface area contributed by atoms with Crippen molar-refractivity contribution < 1.29 is 4.52 Å². The van der Waals surface area contributed by atoms with Crippen LogP contribution < -0.4 is 5.76 Å². The van der Waals surface area contributed by atoms with E-state index in [-0.39, 0.29) is 5.76 Å². The Hall–Kier alpha value is -1.40. The number of hydrogen-bond acceptors (Lipinski definition) is 5. The van der Waals surface area contributed by atoms with Crippen LogP contribution in [0.3, 0.4) is 0 Å². The molecular weight excluding hydrogens is 310 g/mol. The molecule has 3 heterocycles. The number of fused-ring (bicyclic) bond motifs is 1. The molecule has 6 heteroatoms. The highest BCUT2D eigenvalue weighted by Crippen LogP contribution is 2.26. The summed E-state index contributed by atoms with van der Waals surface area (Å²) in [6, 6.07) is 2.21. The summed E-state index contributed by atoms with van der Waals surface area (Å²) in [5.74, 6) is 1.10. The lowest BCUT2D eigenvalue weighted by Gasteiger charge is -2.26. The molecule has 1 saturated carbocycles. The van der Waals surface area contributed by atoms with Crippen molar-refractivity contribution in [2.24, 2.45) is 5.92 Å². The second kappa shape index (κ2) is 6.61. The lowest BCUT2D eigenvalue weighted by atomic mass is 9.89. The maximum Gasteiger partial charge on any atom is 0.441 e. The minimum absolute atomic E-state index is 0.293. The van der Waals surface area contributed by atoms with Gasteiger partial charge in [0.1, 0.15) is 0 Å². The van der Waals surface area contributed by atoms with Gasteiger partial charge in [0.2, 0.25) is 0 Å². The van der Waals surface area contributed by atoms with Crippen molar-refractivity contribution in [3.63, 3.8) is 0 Å². The van der Waals surface area contributed by atoms with Gasteiger partial charge in [-0.15, -0.1) is 11.3 Å². The van der Waals surface area contributed by atoms with Gasteiger partial charge in [0.05, 0.1) is 6.54 Å². The fourth-order valence-corrected chi connectivity index (χ4v) is 4.75. The minimum atomic E-state index is -0.293. The van der Waals surface area contributed by atoms with Gasteiger partial charge in [-0.05, 0) is 42.2 Å². The topological polar surface area (TPSA) is 51.3 Å². The zero-order valence-electron chi connectivity index (χ0n) is 13.4. The van der Waals surface area contributed by atoms with Crippen LogP contribution in [-0.4, -0.2) is 21.2 Å². The van der Waals surface area contributed by atoms with Crippen LogP contribution in [-0.2, 0) is 26.1 Å². The van der Waals surface area contributed by atoms with Gasteiger partial charge in [-0.2, -0.15) is 0 Å². The summed E-state index contributed by atoms with van der Waals surface area (Å²) in [6.07, 6.45) is 7.44. The third-order valence-electron chi connectivity index (χ3n) is 5.18. The average molecular weight is 333 g/mol. The molecule has 0 aromatic carbocycles. The monoisotopic (exact) mass is 333 g/mol. The standard InChI is InChI=1S/C17H23N3O2S/c21-17-20(10-13-4-2-1-3-5-13)16(18-22-17)12-19-8-6-15-14(11-19)7-9-23-15/h7,9,13H,1-6,8,10-12H2. The number of rotatable bonds is 4. The van der Waals surface area contributed by atoms with Crippen molar-refractivity contribution in [3.8, 4) is 0 Å². The SMILES string of the molecule is O=c1onc(CN2CCc3sccc3C2)n1CC1CCCCC1. The van der Waals surface area contributed by atoms with Crippen molar-refractivity contribution >= 4 is 11.3 Å². The second-order valence-corrected chi connectivity index (χ2v) is 7.81. The highest BCUT2D eigenvalue weighted by Gasteiger charge is 2.22. The molecule has 1 aliphatic carbocycles. The lowest BCUT2D eigenvalue weighted by Crippen LogP contribution is -2.32. The molecule has 0 amide bonds.